The van der Waals surface area contributed by atoms with Gasteiger partial charge in [0.15, 0.2) is 0 Å². The van der Waals surface area contributed by atoms with Crippen molar-refractivity contribution in [3.63, 3.8) is 0 Å². The summed E-state index contributed by atoms with van der Waals surface area (Å²) in [5, 5.41) is 1.28. The predicted molar refractivity (Wildman–Crippen MR) is 82.5 cm³/mol. The molecule has 0 aliphatic heterocycles. The number of halogens is 2. The third kappa shape index (κ3) is 3.31. The lowest BCUT2D eigenvalue weighted by atomic mass is 10.0. The van der Waals surface area contributed by atoms with Gasteiger partial charge in [0.2, 0.25) is 0 Å². The van der Waals surface area contributed by atoms with Crippen LogP contribution in [0.25, 0.3) is 0 Å². The van der Waals surface area contributed by atoms with Gasteiger partial charge in [0.25, 0.3) is 0 Å². The summed E-state index contributed by atoms with van der Waals surface area (Å²) in [6.45, 7) is 0. The molecule has 0 N–H and O–H groups in total. The van der Waals surface area contributed by atoms with Crippen molar-refractivity contribution < 1.29 is 0 Å². The SMILES string of the molecule is Clc1cccc(Cc2nc(Cl)cc(C3CCCC3)n2)c1. The van der Waals surface area contributed by atoms with E-state index in [2.05, 4.69) is 4.98 Å². The molecule has 1 aliphatic carbocycles. The Balaban J connectivity index is 1.85. The van der Waals surface area contributed by atoms with E-state index in [4.69, 9.17) is 28.2 Å². The van der Waals surface area contributed by atoms with Crippen molar-refractivity contribution in [2.75, 3.05) is 0 Å². The van der Waals surface area contributed by atoms with Crippen molar-refractivity contribution >= 4 is 23.2 Å². The van der Waals surface area contributed by atoms with E-state index in [1.54, 1.807) is 0 Å². The summed E-state index contributed by atoms with van der Waals surface area (Å²) in [4.78, 5) is 9.04. The molecule has 1 fully saturated rings. The van der Waals surface area contributed by atoms with Crippen molar-refractivity contribution in [3.8, 4) is 0 Å². The van der Waals surface area contributed by atoms with Gasteiger partial charge in [0.05, 0.1) is 0 Å². The molecule has 0 unspecified atom stereocenters. The molecular weight excluding hydrogens is 291 g/mol. The Hall–Kier alpha value is -1.12. The van der Waals surface area contributed by atoms with Crippen LogP contribution < -0.4 is 0 Å². The van der Waals surface area contributed by atoms with E-state index in [9.17, 15) is 0 Å². The first-order valence-electron chi connectivity index (χ1n) is 6.98. The van der Waals surface area contributed by atoms with Crippen LogP contribution in [0.4, 0.5) is 0 Å². The third-order valence-corrected chi connectivity index (χ3v) is 4.21. The first-order valence-corrected chi connectivity index (χ1v) is 7.74. The van der Waals surface area contributed by atoms with Gasteiger partial charge in [-0.25, -0.2) is 9.97 Å². The van der Waals surface area contributed by atoms with Crippen LogP contribution in [0.1, 0.15) is 48.7 Å². The fourth-order valence-corrected chi connectivity index (χ4v) is 3.25. The minimum absolute atomic E-state index is 0.541. The molecule has 0 radical (unpaired) electrons. The molecule has 1 aromatic heterocycles. The number of hydrogen-bond acceptors (Lipinski definition) is 2. The third-order valence-electron chi connectivity index (χ3n) is 3.79. The molecule has 20 heavy (non-hydrogen) atoms. The van der Waals surface area contributed by atoms with E-state index in [0.717, 1.165) is 22.1 Å². The molecule has 0 saturated heterocycles. The molecule has 4 heteroatoms. The van der Waals surface area contributed by atoms with Crippen LogP contribution in [0.5, 0.6) is 0 Å². The highest BCUT2D eigenvalue weighted by atomic mass is 35.5. The molecule has 3 rings (SSSR count). The average Bonchev–Trinajstić information content (AvgIpc) is 2.91. The van der Waals surface area contributed by atoms with E-state index in [1.807, 2.05) is 30.3 Å². The number of hydrogen-bond donors (Lipinski definition) is 0. The second-order valence-corrected chi connectivity index (χ2v) is 6.14. The Bertz CT molecular complexity index is 607. The van der Waals surface area contributed by atoms with E-state index >= 15 is 0 Å². The lowest BCUT2D eigenvalue weighted by Gasteiger charge is -2.10. The van der Waals surface area contributed by atoms with Crippen molar-refractivity contribution in [3.05, 3.63) is 57.6 Å². The van der Waals surface area contributed by atoms with Gasteiger partial charge in [-0.05, 0) is 36.6 Å². The highest BCUT2D eigenvalue weighted by Crippen LogP contribution is 2.33. The first kappa shape index (κ1) is 13.8. The first-order chi connectivity index (χ1) is 9.70. The number of benzene rings is 1. The van der Waals surface area contributed by atoms with Gasteiger partial charge >= 0.3 is 0 Å². The normalized spacial score (nSPS) is 15.7. The molecule has 0 atom stereocenters. The van der Waals surface area contributed by atoms with Gasteiger partial charge in [-0.15, -0.1) is 0 Å². The van der Waals surface area contributed by atoms with Crippen molar-refractivity contribution in [1.29, 1.82) is 0 Å². The van der Waals surface area contributed by atoms with Crippen LogP contribution in [0.2, 0.25) is 10.2 Å². The standard InChI is InChI=1S/C16H16Cl2N2/c17-13-7-3-4-11(8-13)9-16-19-14(10-15(18)20-16)12-5-1-2-6-12/h3-4,7-8,10,12H,1-2,5-6,9H2. The Labute approximate surface area is 129 Å². The zero-order valence-electron chi connectivity index (χ0n) is 11.1. The zero-order chi connectivity index (χ0) is 13.9. The summed E-state index contributed by atoms with van der Waals surface area (Å²) in [7, 11) is 0. The van der Waals surface area contributed by atoms with Crippen LogP contribution in [0.15, 0.2) is 30.3 Å². The largest absolute Gasteiger partial charge is 0.237 e. The molecule has 0 bridgehead atoms. The van der Waals surface area contributed by atoms with Crippen LogP contribution in [0.3, 0.4) is 0 Å². The Morgan fingerprint density at radius 3 is 2.60 bits per heavy atom. The van der Waals surface area contributed by atoms with E-state index in [1.165, 1.54) is 25.7 Å². The molecule has 1 heterocycles. The smallest absolute Gasteiger partial charge is 0.134 e. The molecule has 1 aromatic carbocycles. The fourth-order valence-electron chi connectivity index (χ4n) is 2.82. The van der Waals surface area contributed by atoms with Gasteiger partial charge in [-0.2, -0.15) is 0 Å². The van der Waals surface area contributed by atoms with E-state index in [-0.39, 0.29) is 0 Å². The average molecular weight is 307 g/mol. The minimum Gasteiger partial charge on any atom is -0.237 e. The molecule has 1 aliphatic rings. The monoisotopic (exact) mass is 306 g/mol. The lowest BCUT2D eigenvalue weighted by Crippen LogP contribution is -2.04. The van der Waals surface area contributed by atoms with E-state index in [0.29, 0.717) is 17.5 Å². The second kappa shape index (κ2) is 6.11. The summed E-state index contributed by atoms with van der Waals surface area (Å²) in [5.41, 5.74) is 2.21. The molecule has 104 valence electrons. The summed E-state index contributed by atoms with van der Waals surface area (Å²) in [6, 6.07) is 9.71. The second-order valence-electron chi connectivity index (χ2n) is 5.32. The number of nitrogens with zero attached hydrogens (tertiary/aromatic N) is 2. The number of aromatic nitrogens is 2. The topological polar surface area (TPSA) is 25.8 Å². The molecule has 2 nitrogen and oxygen atoms in total. The molecule has 0 amide bonds. The molecule has 0 spiro atoms. The highest BCUT2D eigenvalue weighted by molar-refractivity contribution is 6.30. The highest BCUT2D eigenvalue weighted by Gasteiger charge is 2.19. The summed E-state index contributed by atoms with van der Waals surface area (Å²) in [6.07, 6.45) is 5.67. The zero-order valence-corrected chi connectivity index (χ0v) is 12.7. The quantitative estimate of drug-likeness (QED) is 0.743. The Morgan fingerprint density at radius 1 is 1.05 bits per heavy atom. The fraction of sp³-hybridized carbons (Fsp3) is 0.375. The van der Waals surface area contributed by atoms with Gasteiger partial charge in [-0.3, -0.25) is 0 Å². The van der Waals surface area contributed by atoms with Crippen LogP contribution in [0, 0.1) is 0 Å². The molecule has 1 saturated carbocycles. The van der Waals surface area contributed by atoms with Crippen molar-refractivity contribution in [1.82, 2.24) is 9.97 Å². The van der Waals surface area contributed by atoms with Crippen LogP contribution in [-0.2, 0) is 6.42 Å². The van der Waals surface area contributed by atoms with Crippen LogP contribution >= 0.6 is 23.2 Å². The Kier molecular flexibility index (Phi) is 4.23. The van der Waals surface area contributed by atoms with Gasteiger partial charge in [0.1, 0.15) is 11.0 Å². The van der Waals surface area contributed by atoms with Crippen molar-refractivity contribution in [2.45, 2.75) is 38.0 Å². The maximum absolute atomic E-state index is 6.15. The summed E-state index contributed by atoms with van der Waals surface area (Å²) < 4.78 is 0. The van der Waals surface area contributed by atoms with Crippen molar-refractivity contribution in [2.24, 2.45) is 0 Å². The molecule has 2 aromatic rings. The maximum atomic E-state index is 6.15. The maximum Gasteiger partial charge on any atom is 0.134 e. The Morgan fingerprint density at radius 2 is 1.85 bits per heavy atom. The van der Waals surface area contributed by atoms with Gasteiger partial charge in [-0.1, -0.05) is 48.2 Å². The summed E-state index contributed by atoms with van der Waals surface area (Å²) in [5.74, 6) is 1.33. The molecular formula is C16H16Cl2N2. The minimum atomic E-state index is 0.541. The van der Waals surface area contributed by atoms with Gasteiger partial charge in [0, 0.05) is 23.1 Å². The van der Waals surface area contributed by atoms with Gasteiger partial charge < -0.3 is 0 Å². The summed E-state index contributed by atoms with van der Waals surface area (Å²) >= 11 is 12.2. The lowest BCUT2D eigenvalue weighted by molar-refractivity contribution is 0.686. The predicted octanol–water partition coefficient (Wildman–Crippen LogP) is 5.03. The van der Waals surface area contributed by atoms with Crippen LogP contribution in [-0.4, -0.2) is 9.97 Å². The van der Waals surface area contributed by atoms with E-state index < -0.39 is 0 Å². The number of rotatable bonds is 3.